The molecule has 5 N–H and O–H groups in total. The van der Waals surface area contributed by atoms with E-state index in [1.165, 1.54) is 0 Å². The Kier molecular flexibility index (Phi) is 20.0. The van der Waals surface area contributed by atoms with Crippen LogP contribution in [0.4, 0.5) is 0 Å². The number of aliphatic carboxylic acids is 2. The van der Waals surface area contributed by atoms with Gasteiger partial charge in [0.15, 0.2) is 11.6 Å². The summed E-state index contributed by atoms with van der Waals surface area (Å²) >= 11 is 7.89. The smallest absolute Gasteiger partial charge is 0.310 e. The zero-order valence-corrected chi connectivity index (χ0v) is 26.1. The van der Waals surface area contributed by atoms with Gasteiger partial charge in [-0.3, -0.25) is 33.6 Å². The van der Waals surface area contributed by atoms with Crippen LogP contribution in [-0.4, -0.2) is 136 Å². The maximum Gasteiger partial charge on any atom is 0.310 e. The quantitative estimate of drug-likeness (QED) is 0.0299. The van der Waals surface area contributed by atoms with Crippen LogP contribution in [0.2, 0.25) is 0 Å². The molecule has 18 nitrogen and oxygen atoms in total. The second-order valence-corrected chi connectivity index (χ2v) is 9.95. The van der Waals surface area contributed by atoms with Crippen molar-refractivity contribution in [3.05, 3.63) is 11.9 Å². The summed E-state index contributed by atoms with van der Waals surface area (Å²) in [6.07, 6.45) is 0.502. The van der Waals surface area contributed by atoms with E-state index in [1.54, 1.807) is 10.9 Å². The summed E-state index contributed by atoms with van der Waals surface area (Å²) in [4.78, 5) is 80.5. The Bertz CT molecular complexity index is 1150. The van der Waals surface area contributed by atoms with Crippen molar-refractivity contribution in [2.45, 2.75) is 44.3 Å². The summed E-state index contributed by atoms with van der Waals surface area (Å²) in [6.45, 7) is 0.729. The van der Waals surface area contributed by atoms with Gasteiger partial charge in [-0.15, -0.1) is 5.10 Å². The van der Waals surface area contributed by atoms with Crippen molar-refractivity contribution in [2.24, 2.45) is 0 Å². The summed E-state index contributed by atoms with van der Waals surface area (Å²) in [5.41, 5.74) is 0.551. The van der Waals surface area contributed by atoms with Gasteiger partial charge in [0.05, 0.1) is 50.7 Å². The van der Waals surface area contributed by atoms with Crippen LogP contribution < -0.4 is 16.0 Å². The number of carboxylic acids is 2. The Morgan fingerprint density at radius 2 is 1.33 bits per heavy atom. The monoisotopic (exact) mass is 678 g/mol. The van der Waals surface area contributed by atoms with Gasteiger partial charge in [0.2, 0.25) is 17.7 Å². The normalized spacial score (nSPS) is 12.1. The van der Waals surface area contributed by atoms with Gasteiger partial charge in [-0.2, -0.15) is 25.3 Å². The first-order valence-electron chi connectivity index (χ1n) is 13.6. The predicted octanol–water partition coefficient (Wildman–Crippen LogP) is -2.71. The molecule has 2 unspecified atom stereocenters. The molecule has 0 aromatic carbocycles. The number of carboxylic acid groups (broad SMARTS) is 2. The van der Waals surface area contributed by atoms with E-state index >= 15 is 0 Å². The molecular formula is C25H38N6O12S2. The molecule has 252 valence electrons. The molecule has 20 heteroatoms. The molecule has 0 radical (unpaired) electrons. The van der Waals surface area contributed by atoms with E-state index in [0.717, 1.165) is 0 Å². The fourth-order valence-electron chi connectivity index (χ4n) is 3.34. The lowest BCUT2D eigenvalue weighted by molar-refractivity contribution is -0.142. The van der Waals surface area contributed by atoms with Gasteiger partial charge in [0, 0.05) is 37.1 Å². The second kappa shape index (κ2) is 22.8. The number of ether oxygens (including phenoxy) is 3. The third-order valence-electron chi connectivity index (χ3n) is 5.53. The van der Waals surface area contributed by atoms with Gasteiger partial charge in [0.1, 0.15) is 26.1 Å². The molecule has 1 aromatic heterocycles. The van der Waals surface area contributed by atoms with Crippen molar-refractivity contribution in [1.82, 2.24) is 30.9 Å². The third kappa shape index (κ3) is 18.7. The molecule has 0 bridgehead atoms. The lowest BCUT2D eigenvalue weighted by Crippen LogP contribution is -2.44. The Balaban J connectivity index is 2.09. The number of hydrogen-bond donors (Lipinski definition) is 7. The zero-order chi connectivity index (χ0) is 33.6. The molecular weight excluding hydrogens is 640 g/mol. The first-order chi connectivity index (χ1) is 21.4. The maximum absolute atomic E-state index is 12.1. The number of hydrogen-bond acceptors (Lipinski definition) is 14. The van der Waals surface area contributed by atoms with Crippen molar-refractivity contribution < 1.29 is 58.0 Å². The Labute approximate surface area is 269 Å². The van der Waals surface area contributed by atoms with Crippen LogP contribution in [0.3, 0.4) is 0 Å². The highest BCUT2D eigenvalue weighted by Gasteiger charge is 2.22. The molecule has 45 heavy (non-hydrogen) atoms. The number of nitrogens with zero attached hydrogens (tertiary/aromatic N) is 3. The van der Waals surface area contributed by atoms with Gasteiger partial charge in [0.25, 0.3) is 0 Å². The van der Waals surface area contributed by atoms with Crippen LogP contribution in [0, 0.1) is 0 Å². The lowest BCUT2D eigenvalue weighted by atomic mass is 10.1. The molecule has 0 saturated heterocycles. The second-order valence-electron chi connectivity index (χ2n) is 9.22. The van der Waals surface area contributed by atoms with Crippen molar-refractivity contribution >= 4 is 66.5 Å². The first kappa shape index (κ1) is 39.4. The van der Waals surface area contributed by atoms with Crippen molar-refractivity contribution in [3.8, 4) is 0 Å². The summed E-state index contributed by atoms with van der Waals surface area (Å²) in [5.74, 6) is -5.64. The van der Waals surface area contributed by atoms with Crippen LogP contribution in [0.1, 0.15) is 25.0 Å². The van der Waals surface area contributed by atoms with Crippen LogP contribution in [-0.2, 0) is 60.7 Å². The summed E-state index contributed by atoms with van der Waals surface area (Å²) in [5, 5.41) is 32.6. The largest absolute Gasteiger partial charge is 0.481 e. The Morgan fingerprint density at radius 1 is 0.778 bits per heavy atom. The minimum atomic E-state index is -1.32. The van der Waals surface area contributed by atoms with E-state index < -0.39 is 79.4 Å². The number of ketones is 2. The number of aromatic nitrogens is 3. The zero-order valence-electron chi connectivity index (χ0n) is 24.3. The van der Waals surface area contributed by atoms with Crippen LogP contribution in [0.25, 0.3) is 0 Å². The standard InChI is InChI=1S/C25H38N6O12S2/c32-19(9-24(37)38)17(14-44)27-21(34)2-1-16-11-31(30-29-16)4-6-42-8-7-41-5-3-26-22(35)12-43-13-23(36)28-18(15-45)20(33)10-25(39)40/h11,17-18,44-45H,1-10,12-15H2,(H,26,35)(H,27,34)(H,28,36)(H,37,38)(H,39,40). The summed E-state index contributed by atoms with van der Waals surface area (Å²) < 4.78 is 17.4. The fourth-order valence-corrected chi connectivity index (χ4v) is 3.93. The molecule has 3 amide bonds. The van der Waals surface area contributed by atoms with Gasteiger partial charge in [-0.1, -0.05) is 5.21 Å². The average Bonchev–Trinajstić information content (AvgIpc) is 3.43. The van der Waals surface area contributed by atoms with E-state index in [4.69, 9.17) is 24.4 Å². The molecule has 0 saturated carbocycles. The topological polar surface area (TPSA) is 254 Å². The predicted molar refractivity (Wildman–Crippen MR) is 160 cm³/mol. The van der Waals surface area contributed by atoms with E-state index in [2.05, 4.69) is 51.5 Å². The van der Waals surface area contributed by atoms with Crippen molar-refractivity contribution in [1.29, 1.82) is 0 Å². The number of Topliss-reactive ketones (excluding diaryl/α,β-unsaturated/α-hetero) is 2. The SMILES string of the molecule is O=C(O)CC(=O)C(CS)NC(=O)CCc1cn(CCOCCOCCNC(=O)COCC(=O)NC(CS)C(=O)CC(=O)O)nn1. The highest BCUT2D eigenvalue weighted by Crippen LogP contribution is 2.01. The van der Waals surface area contributed by atoms with Crippen molar-refractivity contribution in [2.75, 3.05) is 57.7 Å². The van der Waals surface area contributed by atoms with E-state index in [9.17, 15) is 33.6 Å². The molecule has 2 atom stereocenters. The number of thiol groups is 2. The highest BCUT2D eigenvalue weighted by molar-refractivity contribution is 7.80. The highest BCUT2D eigenvalue weighted by atomic mass is 32.1. The number of amides is 3. The average molecular weight is 679 g/mol. The molecule has 0 aliphatic carbocycles. The molecule has 0 aliphatic heterocycles. The Morgan fingerprint density at radius 3 is 1.91 bits per heavy atom. The molecule has 1 heterocycles. The van der Waals surface area contributed by atoms with Crippen LogP contribution in [0.15, 0.2) is 6.20 Å². The number of carbonyl (C=O) groups is 7. The molecule has 0 fully saturated rings. The Hall–Kier alpha value is -3.59. The van der Waals surface area contributed by atoms with Crippen LogP contribution >= 0.6 is 25.3 Å². The maximum atomic E-state index is 12.1. The first-order valence-corrected chi connectivity index (χ1v) is 14.9. The van der Waals surface area contributed by atoms with E-state index in [-0.39, 0.29) is 50.7 Å². The molecule has 0 spiro atoms. The van der Waals surface area contributed by atoms with Gasteiger partial charge >= 0.3 is 11.9 Å². The van der Waals surface area contributed by atoms with Crippen LogP contribution in [0.5, 0.6) is 0 Å². The summed E-state index contributed by atoms with van der Waals surface area (Å²) in [6, 6.07) is -2.05. The number of aryl methyl sites for hydroxylation is 1. The molecule has 1 aromatic rings. The summed E-state index contributed by atoms with van der Waals surface area (Å²) in [7, 11) is 0. The van der Waals surface area contributed by atoms with E-state index in [1.807, 2.05) is 0 Å². The van der Waals surface area contributed by atoms with Gasteiger partial charge in [-0.05, 0) is 0 Å². The molecule has 1 rings (SSSR count). The minimum Gasteiger partial charge on any atom is -0.481 e. The lowest BCUT2D eigenvalue weighted by Gasteiger charge is -2.14. The number of rotatable bonds is 26. The minimum absolute atomic E-state index is 0.0147. The van der Waals surface area contributed by atoms with E-state index in [0.29, 0.717) is 18.8 Å². The molecule has 0 aliphatic rings. The van der Waals surface area contributed by atoms with Gasteiger partial charge < -0.3 is 40.4 Å². The fraction of sp³-hybridized carbons (Fsp3) is 0.640. The van der Waals surface area contributed by atoms with Gasteiger partial charge in [-0.25, -0.2) is 4.68 Å². The van der Waals surface area contributed by atoms with Crippen molar-refractivity contribution in [3.63, 3.8) is 0 Å². The number of nitrogens with one attached hydrogen (secondary N) is 3. The number of carbonyl (C=O) groups excluding carboxylic acids is 5. The third-order valence-corrected chi connectivity index (χ3v) is 6.26.